The Morgan fingerprint density at radius 1 is 1.30 bits per heavy atom. The van der Waals surface area contributed by atoms with E-state index in [0.29, 0.717) is 0 Å². The van der Waals surface area contributed by atoms with E-state index in [0.717, 1.165) is 6.08 Å². The minimum absolute atomic E-state index is 0.0538. The molecule has 6 nitrogen and oxygen atoms in total. The Morgan fingerprint density at radius 3 is 2.45 bits per heavy atom. The number of carbonyl (C=O) groups is 3. The van der Waals surface area contributed by atoms with Gasteiger partial charge < -0.3 is 14.6 Å². The molecule has 0 bridgehead atoms. The Hall–Kier alpha value is -2.63. The summed E-state index contributed by atoms with van der Waals surface area (Å²) in [5, 5.41) is 8.97. The lowest BCUT2D eigenvalue weighted by atomic mass is 10.1. The second-order valence-electron chi connectivity index (χ2n) is 3.90. The van der Waals surface area contributed by atoms with Crippen molar-refractivity contribution in [1.82, 2.24) is 0 Å². The van der Waals surface area contributed by atoms with E-state index in [2.05, 4.69) is 6.58 Å². The van der Waals surface area contributed by atoms with Crippen LogP contribution in [0.3, 0.4) is 0 Å². The van der Waals surface area contributed by atoms with E-state index in [1.165, 1.54) is 31.2 Å². The van der Waals surface area contributed by atoms with Crippen molar-refractivity contribution in [2.75, 3.05) is 6.61 Å². The first-order valence-corrected chi connectivity index (χ1v) is 5.78. The van der Waals surface area contributed by atoms with Crippen molar-refractivity contribution in [3.05, 3.63) is 48.0 Å². The van der Waals surface area contributed by atoms with Crippen LogP contribution in [0, 0.1) is 0 Å². The van der Waals surface area contributed by atoms with E-state index in [4.69, 9.17) is 14.6 Å². The average molecular weight is 278 g/mol. The molecule has 20 heavy (non-hydrogen) atoms. The quantitative estimate of drug-likeness (QED) is 0.628. The summed E-state index contributed by atoms with van der Waals surface area (Å²) in [5.41, 5.74) is -0.199. The molecule has 0 heterocycles. The zero-order valence-electron chi connectivity index (χ0n) is 10.9. The molecule has 0 fully saturated rings. The standard InChI is InChI=1S/C14H14O6/c1-3-12(15)19-8-9(2)20-14(18)11-7-5-4-6-10(11)13(16)17/h3-7,9H,1,8H2,2H3,(H,16,17). The van der Waals surface area contributed by atoms with E-state index in [1.54, 1.807) is 0 Å². The summed E-state index contributed by atoms with van der Waals surface area (Å²) in [7, 11) is 0. The molecule has 6 heteroatoms. The lowest BCUT2D eigenvalue weighted by Crippen LogP contribution is -2.23. The molecule has 0 spiro atoms. The molecule has 1 aromatic rings. The number of benzene rings is 1. The monoisotopic (exact) mass is 278 g/mol. The fourth-order valence-corrected chi connectivity index (χ4v) is 1.39. The van der Waals surface area contributed by atoms with Gasteiger partial charge in [0.25, 0.3) is 0 Å². The van der Waals surface area contributed by atoms with Crippen LogP contribution in [0.2, 0.25) is 0 Å². The lowest BCUT2D eigenvalue weighted by Gasteiger charge is -2.13. The predicted molar refractivity (Wildman–Crippen MR) is 69.4 cm³/mol. The van der Waals surface area contributed by atoms with Crippen molar-refractivity contribution in [3.8, 4) is 0 Å². The summed E-state index contributed by atoms with van der Waals surface area (Å²) in [6, 6.07) is 5.70. The van der Waals surface area contributed by atoms with Crippen molar-refractivity contribution in [1.29, 1.82) is 0 Å². The van der Waals surface area contributed by atoms with Crippen LogP contribution in [0.4, 0.5) is 0 Å². The van der Waals surface area contributed by atoms with Crippen molar-refractivity contribution >= 4 is 17.9 Å². The zero-order valence-corrected chi connectivity index (χ0v) is 10.9. The van der Waals surface area contributed by atoms with Crippen LogP contribution in [0.15, 0.2) is 36.9 Å². The Morgan fingerprint density at radius 2 is 1.90 bits per heavy atom. The normalized spacial score (nSPS) is 11.2. The molecule has 1 unspecified atom stereocenters. The van der Waals surface area contributed by atoms with Crippen molar-refractivity contribution in [2.24, 2.45) is 0 Å². The molecular weight excluding hydrogens is 264 g/mol. The summed E-state index contributed by atoms with van der Waals surface area (Å²) in [4.78, 5) is 33.7. The molecule has 0 radical (unpaired) electrons. The number of hydrogen-bond donors (Lipinski definition) is 1. The second kappa shape index (κ2) is 7.08. The first-order chi connectivity index (χ1) is 9.45. The van der Waals surface area contributed by atoms with Crippen LogP contribution in [0.25, 0.3) is 0 Å². The number of esters is 2. The number of carbonyl (C=O) groups excluding carboxylic acids is 2. The zero-order chi connectivity index (χ0) is 15.1. The van der Waals surface area contributed by atoms with E-state index in [9.17, 15) is 14.4 Å². The fraction of sp³-hybridized carbons (Fsp3) is 0.214. The molecule has 0 amide bonds. The highest BCUT2D eigenvalue weighted by Crippen LogP contribution is 2.11. The Labute approximate surface area is 115 Å². The molecule has 1 atom stereocenters. The highest BCUT2D eigenvalue weighted by molar-refractivity contribution is 6.02. The molecule has 1 aromatic carbocycles. The summed E-state index contributed by atoms with van der Waals surface area (Å²) >= 11 is 0. The van der Waals surface area contributed by atoms with E-state index >= 15 is 0 Å². The van der Waals surface area contributed by atoms with Crippen LogP contribution in [-0.4, -0.2) is 35.7 Å². The molecule has 0 aromatic heterocycles. The van der Waals surface area contributed by atoms with Gasteiger partial charge in [-0.1, -0.05) is 18.7 Å². The molecule has 0 aliphatic rings. The van der Waals surface area contributed by atoms with Gasteiger partial charge in [0.05, 0.1) is 11.1 Å². The van der Waals surface area contributed by atoms with Crippen molar-refractivity contribution in [2.45, 2.75) is 13.0 Å². The summed E-state index contributed by atoms with van der Waals surface area (Å²) in [6.07, 6.45) is 0.294. The Bertz CT molecular complexity index is 534. The number of aromatic carboxylic acids is 1. The lowest BCUT2D eigenvalue weighted by molar-refractivity contribution is -0.140. The van der Waals surface area contributed by atoms with Crippen LogP contribution < -0.4 is 0 Å². The molecule has 0 aliphatic carbocycles. The molecular formula is C14H14O6. The maximum absolute atomic E-state index is 11.8. The van der Waals surface area contributed by atoms with Gasteiger partial charge in [0.1, 0.15) is 12.7 Å². The van der Waals surface area contributed by atoms with Crippen LogP contribution in [0.1, 0.15) is 27.6 Å². The van der Waals surface area contributed by atoms with Crippen LogP contribution >= 0.6 is 0 Å². The molecule has 0 saturated carbocycles. The Balaban J connectivity index is 2.69. The largest absolute Gasteiger partial charge is 0.478 e. The third-order valence-corrected chi connectivity index (χ3v) is 2.31. The van der Waals surface area contributed by atoms with Gasteiger partial charge in [0.2, 0.25) is 0 Å². The first-order valence-electron chi connectivity index (χ1n) is 5.78. The van der Waals surface area contributed by atoms with Gasteiger partial charge in [-0.25, -0.2) is 14.4 Å². The predicted octanol–water partition coefficient (Wildman–Crippen LogP) is 1.66. The van der Waals surface area contributed by atoms with Gasteiger partial charge >= 0.3 is 17.9 Å². The maximum atomic E-state index is 11.8. The third kappa shape index (κ3) is 4.24. The minimum Gasteiger partial charge on any atom is -0.478 e. The van der Waals surface area contributed by atoms with E-state index in [1.807, 2.05) is 0 Å². The smallest absolute Gasteiger partial charge is 0.339 e. The third-order valence-electron chi connectivity index (χ3n) is 2.31. The minimum atomic E-state index is -1.22. The van der Waals surface area contributed by atoms with Crippen LogP contribution in [-0.2, 0) is 14.3 Å². The molecule has 0 saturated heterocycles. The average Bonchev–Trinajstić information content (AvgIpc) is 2.44. The van der Waals surface area contributed by atoms with Crippen molar-refractivity contribution in [3.63, 3.8) is 0 Å². The van der Waals surface area contributed by atoms with Crippen LogP contribution in [0.5, 0.6) is 0 Å². The number of carboxylic acid groups (broad SMARTS) is 1. The maximum Gasteiger partial charge on any atom is 0.339 e. The molecule has 106 valence electrons. The SMILES string of the molecule is C=CC(=O)OCC(C)OC(=O)c1ccccc1C(=O)O. The summed E-state index contributed by atoms with van der Waals surface area (Å²) < 4.78 is 9.73. The fourth-order valence-electron chi connectivity index (χ4n) is 1.39. The van der Waals surface area contributed by atoms with Gasteiger partial charge in [-0.2, -0.15) is 0 Å². The Kier molecular flexibility index (Phi) is 5.46. The first kappa shape index (κ1) is 15.4. The van der Waals surface area contributed by atoms with Crippen molar-refractivity contribution < 1.29 is 29.0 Å². The highest BCUT2D eigenvalue weighted by Gasteiger charge is 2.19. The highest BCUT2D eigenvalue weighted by atomic mass is 16.6. The molecule has 1 N–H and O–H groups in total. The number of ether oxygens (including phenoxy) is 2. The number of carboxylic acids is 1. The van der Waals surface area contributed by atoms with Gasteiger partial charge in [0.15, 0.2) is 0 Å². The number of hydrogen-bond acceptors (Lipinski definition) is 5. The van der Waals surface area contributed by atoms with E-state index < -0.39 is 24.0 Å². The molecule has 0 aliphatic heterocycles. The van der Waals surface area contributed by atoms with Gasteiger partial charge in [0, 0.05) is 6.08 Å². The molecule has 1 rings (SSSR count). The van der Waals surface area contributed by atoms with Gasteiger partial charge in [-0.3, -0.25) is 0 Å². The van der Waals surface area contributed by atoms with Gasteiger partial charge in [-0.15, -0.1) is 0 Å². The second-order valence-corrected chi connectivity index (χ2v) is 3.90. The summed E-state index contributed by atoms with van der Waals surface area (Å²) in [5.74, 6) is -2.63. The van der Waals surface area contributed by atoms with Gasteiger partial charge in [-0.05, 0) is 19.1 Å². The topological polar surface area (TPSA) is 89.9 Å². The summed E-state index contributed by atoms with van der Waals surface area (Å²) in [6.45, 7) is 4.62. The van der Waals surface area contributed by atoms with E-state index in [-0.39, 0.29) is 17.7 Å². The number of rotatable bonds is 6.